The molecule has 1 saturated heterocycles. The SMILES string of the molecule is Nc1nnc(C2CCCS2)cc1Cl. The summed E-state index contributed by atoms with van der Waals surface area (Å²) < 4.78 is 0. The molecule has 0 aromatic carbocycles. The molecule has 5 heteroatoms. The summed E-state index contributed by atoms with van der Waals surface area (Å²) in [5.74, 6) is 1.52. The van der Waals surface area contributed by atoms with Gasteiger partial charge in [0.2, 0.25) is 0 Å². The van der Waals surface area contributed by atoms with Gasteiger partial charge in [0.25, 0.3) is 0 Å². The van der Waals surface area contributed by atoms with E-state index in [-0.39, 0.29) is 0 Å². The molecule has 1 fully saturated rings. The summed E-state index contributed by atoms with van der Waals surface area (Å²) in [6.07, 6.45) is 2.42. The average Bonchev–Trinajstić information content (AvgIpc) is 2.62. The average molecular weight is 216 g/mol. The van der Waals surface area contributed by atoms with E-state index in [9.17, 15) is 0 Å². The monoisotopic (exact) mass is 215 g/mol. The molecule has 1 unspecified atom stereocenters. The van der Waals surface area contributed by atoms with Crippen LogP contribution >= 0.6 is 23.4 Å². The molecule has 2 heterocycles. The van der Waals surface area contributed by atoms with Crippen LogP contribution in [0.4, 0.5) is 5.82 Å². The number of anilines is 1. The molecule has 1 aliphatic heterocycles. The van der Waals surface area contributed by atoms with E-state index in [1.54, 1.807) is 0 Å². The fraction of sp³-hybridized carbons (Fsp3) is 0.500. The van der Waals surface area contributed by atoms with Gasteiger partial charge in [0.05, 0.1) is 10.7 Å². The molecule has 1 atom stereocenters. The molecule has 2 rings (SSSR count). The molecule has 2 N–H and O–H groups in total. The van der Waals surface area contributed by atoms with E-state index in [0.717, 1.165) is 5.69 Å². The van der Waals surface area contributed by atoms with E-state index in [1.165, 1.54) is 18.6 Å². The van der Waals surface area contributed by atoms with Gasteiger partial charge in [-0.25, -0.2) is 0 Å². The lowest BCUT2D eigenvalue weighted by Gasteiger charge is -2.07. The summed E-state index contributed by atoms with van der Waals surface area (Å²) in [5.41, 5.74) is 6.43. The highest BCUT2D eigenvalue weighted by atomic mass is 35.5. The number of hydrogen-bond acceptors (Lipinski definition) is 4. The molecule has 3 nitrogen and oxygen atoms in total. The Morgan fingerprint density at radius 3 is 3.00 bits per heavy atom. The van der Waals surface area contributed by atoms with Gasteiger partial charge in [-0.1, -0.05) is 11.6 Å². The Kier molecular flexibility index (Phi) is 2.60. The van der Waals surface area contributed by atoms with E-state index in [1.807, 2.05) is 17.8 Å². The molecule has 0 amide bonds. The summed E-state index contributed by atoms with van der Waals surface area (Å²) >= 11 is 7.76. The van der Waals surface area contributed by atoms with E-state index in [2.05, 4.69) is 10.2 Å². The van der Waals surface area contributed by atoms with Crippen LogP contribution in [0.2, 0.25) is 5.02 Å². The highest BCUT2D eigenvalue weighted by Gasteiger charge is 2.19. The maximum atomic E-state index is 5.86. The zero-order valence-electron chi connectivity index (χ0n) is 7.03. The largest absolute Gasteiger partial charge is 0.381 e. The molecule has 13 heavy (non-hydrogen) atoms. The Morgan fingerprint density at radius 1 is 1.54 bits per heavy atom. The first-order valence-electron chi connectivity index (χ1n) is 4.17. The third-order valence-electron chi connectivity index (χ3n) is 2.05. The lowest BCUT2D eigenvalue weighted by molar-refractivity contribution is 0.786. The summed E-state index contributed by atoms with van der Waals surface area (Å²) in [7, 11) is 0. The Bertz CT molecular complexity index is 312. The van der Waals surface area contributed by atoms with Crippen molar-refractivity contribution < 1.29 is 0 Å². The van der Waals surface area contributed by atoms with Gasteiger partial charge in [-0.05, 0) is 24.7 Å². The summed E-state index contributed by atoms with van der Waals surface area (Å²) in [5, 5.41) is 8.82. The van der Waals surface area contributed by atoms with Crippen molar-refractivity contribution in [2.45, 2.75) is 18.1 Å². The standard InChI is InChI=1S/C8H10ClN3S/c9-5-4-6(11-12-8(5)10)7-2-1-3-13-7/h4,7H,1-3H2,(H2,10,12). The third kappa shape index (κ3) is 1.89. The van der Waals surface area contributed by atoms with Crippen molar-refractivity contribution in [1.82, 2.24) is 10.2 Å². The zero-order valence-corrected chi connectivity index (χ0v) is 8.61. The quantitative estimate of drug-likeness (QED) is 0.781. The van der Waals surface area contributed by atoms with Crippen molar-refractivity contribution in [2.75, 3.05) is 11.5 Å². The first kappa shape index (κ1) is 9.09. The second kappa shape index (κ2) is 3.72. The lowest BCUT2D eigenvalue weighted by Crippen LogP contribution is -2.00. The van der Waals surface area contributed by atoms with Gasteiger partial charge in [-0.2, -0.15) is 16.9 Å². The Balaban J connectivity index is 2.25. The van der Waals surface area contributed by atoms with Crippen LogP contribution in [0.3, 0.4) is 0 Å². The molecule has 1 aliphatic rings. The number of halogens is 1. The van der Waals surface area contributed by atoms with E-state index < -0.39 is 0 Å². The van der Waals surface area contributed by atoms with Crippen LogP contribution in [0.1, 0.15) is 23.8 Å². The minimum Gasteiger partial charge on any atom is -0.381 e. The number of nitrogen functional groups attached to an aromatic ring is 1. The molecule has 0 saturated carbocycles. The van der Waals surface area contributed by atoms with Gasteiger partial charge >= 0.3 is 0 Å². The van der Waals surface area contributed by atoms with Gasteiger partial charge < -0.3 is 5.73 Å². The molecule has 0 spiro atoms. The first-order chi connectivity index (χ1) is 6.27. The Hall–Kier alpha value is -0.480. The summed E-state index contributed by atoms with van der Waals surface area (Å²) in [6, 6.07) is 1.83. The number of hydrogen-bond donors (Lipinski definition) is 1. The lowest BCUT2D eigenvalue weighted by atomic mass is 10.2. The predicted molar refractivity (Wildman–Crippen MR) is 55.9 cm³/mol. The fourth-order valence-corrected chi connectivity index (χ4v) is 2.75. The molecule has 0 radical (unpaired) electrons. The normalized spacial score (nSPS) is 22.1. The van der Waals surface area contributed by atoms with Crippen molar-refractivity contribution in [3.05, 3.63) is 16.8 Å². The number of rotatable bonds is 1. The van der Waals surface area contributed by atoms with Crippen LogP contribution in [-0.4, -0.2) is 16.0 Å². The second-order valence-corrected chi connectivity index (χ2v) is 4.72. The molecular weight excluding hydrogens is 206 g/mol. The maximum Gasteiger partial charge on any atom is 0.164 e. The highest BCUT2D eigenvalue weighted by molar-refractivity contribution is 7.99. The molecule has 0 aliphatic carbocycles. The third-order valence-corrected chi connectivity index (χ3v) is 3.76. The molecular formula is C8H10ClN3S. The van der Waals surface area contributed by atoms with Crippen molar-refractivity contribution in [3.8, 4) is 0 Å². The smallest absolute Gasteiger partial charge is 0.164 e. The Morgan fingerprint density at radius 2 is 2.38 bits per heavy atom. The number of nitrogens with two attached hydrogens (primary N) is 1. The van der Waals surface area contributed by atoms with Crippen molar-refractivity contribution in [3.63, 3.8) is 0 Å². The van der Waals surface area contributed by atoms with Crippen molar-refractivity contribution in [1.29, 1.82) is 0 Å². The van der Waals surface area contributed by atoms with Gasteiger partial charge in [0.15, 0.2) is 5.82 Å². The van der Waals surface area contributed by atoms with Crippen LogP contribution in [0.5, 0.6) is 0 Å². The van der Waals surface area contributed by atoms with Crippen molar-refractivity contribution in [2.24, 2.45) is 0 Å². The van der Waals surface area contributed by atoms with Gasteiger partial charge in [-0.15, -0.1) is 5.10 Å². The van der Waals surface area contributed by atoms with E-state index >= 15 is 0 Å². The topological polar surface area (TPSA) is 51.8 Å². The van der Waals surface area contributed by atoms with Gasteiger partial charge in [0, 0.05) is 5.25 Å². The fourth-order valence-electron chi connectivity index (χ4n) is 1.36. The first-order valence-corrected chi connectivity index (χ1v) is 5.60. The molecule has 0 bridgehead atoms. The number of aromatic nitrogens is 2. The van der Waals surface area contributed by atoms with Crippen LogP contribution in [-0.2, 0) is 0 Å². The van der Waals surface area contributed by atoms with Crippen LogP contribution in [0, 0.1) is 0 Å². The van der Waals surface area contributed by atoms with Crippen LogP contribution in [0.25, 0.3) is 0 Å². The maximum absolute atomic E-state index is 5.86. The zero-order chi connectivity index (χ0) is 9.26. The van der Waals surface area contributed by atoms with Gasteiger partial charge in [-0.3, -0.25) is 0 Å². The Labute approximate surface area is 86.1 Å². The number of nitrogens with zero attached hydrogens (tertiary/aromatic N) is 2. The minimum atomic E-state index is 0.313. The van der Waals surface area contributed by atoms with Gasteiger partial charge in [0.1, 0.15) is 0 Å². The highest BCUT2D eigenvalue weighted by Crippen LogP contribution is 2.39. The van der Waals surface area contributed by atoms with E-state index in [0.29, 0.717) is 16.1 Å². The minimum absolute atomic E-state index is 0.313. The second-order valence-electron chi connectivity index (χ2n) is 3.00. The molecule has 1 aromatic rings. The predicted octanol–water partition coefficient (Wildman–Crippen LogP) is 2.28. The van der Waals surface area contributed by atoms with E-state index in [4.69, 9.17) is 17.3 Å². The summed E-state index contributed by atoms with van der Waals surface area (Å²) in [6.45, 7) is 0. The molecule has 70 valence electrons. The molecule has 1 aromatic heterocycles. The van der Waals surface area contributed by atoms with Crippen LogP contribution in [0.15, 0.2) is 6.07 Å². The van der Waals surface area contributed by atoms with Crippen molar-refractivity contribution >= 4 is 29.2 Å². The van der Waals surface area contributed by atoms with Crippen LogP contribution < -0.4 is 5.73 Å². The number of thioether (sulfide) groups is 1. The summed E-state index contributed by atoms with van der Waals surface area (Å²) in [4.78, 5) is 0.